The summed E-state index contributed by atoms with van der Waals surface area (Å²) in [5, 5.41) is 9.86. The fraction of sp³-hybridized carbons (Fsp3) is 0.952. The number of methoxy groups -OCH3 is 1. The van der Waals surface area contributed by atoms with Crippen molar-refractivity contribution in [3.8, 4) is 6.07 Å². The zero-order valence-corrected chi connectivity index (χ0v) is 15.2. The van der Waals surface area contributed by atoms with Crippen molar-refractivity contribution in [3.63, 3.8) is 0 Å². The standard InChI is InChI=1S/C21H35NO/c1-3-4-5-11-21(15-22)12-10-20-17(14-21)7-6-16-13-18(23-2)8-9-19(16)20/h16-20H,3-14H2,1-2H3/t16?,17?,18-,19?,20?,21+/m1/s1. The Morgan fingerprint density at radius 3 is 2.57 bits per heavy atom. The largest absolute Gasteiger partial charge is 0.381 e. The average molecular weight is 318 g/mol. The van der Waals surface area contributed by atoms with Crippen molar-refractivity contribution in [3.05, 3.63) is 0 Å². The Morgan fingerprint density at radius 2 is 1.83 bits per heavy atom. The Kier molecular flexibility index (Phi) is 5.68. The molecule has 3 fully saturated rings. The van der Waals surface area contributed by atoms with Crippen LogP contribution in [0.5, 0.6) is 0 Å². The Bertz CT molecular complexity index is 428. The molecule has 0 aliphatic heterocycles. The maximum Gasteiger partial charge on any atom is 0.0689 e. The summed E-state index contributed by atoms with van der Waals surface area (Å²) in [6.07, 6.45) is 15.9. The molecule has 0 bridgehead atoms. The lowest BCUT2D eigenvalue weighted by Gasteiger charge is -2.52. The molecule has 0 aromatic carbocycles. The van der Waals surface area contributed by atoms with Gasteiger partial charge < -0.3 is 4.74 Å². The molecule has 0 heterocycles. The van der Waals surface area contributed by atoms with Crippen molar-refractivity contribution in [2.75, 3.05) is 7.11 Å². The van der Waals surface area contributed by atoms with Gasteiger partial charge in [-0.25, -0.2) is 0 Å². The van der Waals surface area contributed by atoms with E-state index in [1.165, 1.54) is 70.6 Å². The van der Waals surface area contributed by atoms with E-state index >= 15 is 0 Å². The van der Waals surface area contributed by atoms with Gasteiger partial charge >= 0.3 is 0 Å². The SMILES string of the molecule is CCCCC[C@]1(C#N)CCC2C(CCC3C[C@H](OC)CCC32)C1. The van der Waals surface area contributed by atoms with E-state index in [4.69, 9.17) is 4.74 Å². The number of ether oxygens (including phenoxy) is 1. The Morgan fingerprint density at radius 1 is 1.04 bits per heavy atom. The van der Waals surface area contributed by atoms with Crippen LogP contribution in [0.15, 0.2) is 0 Å². The summed E-state index contributed by atoms with van der Waals surface area (Å²) in [6, 6.07) is 2.78. The highest BCUT2D eigenvalue weighted by molar-refractivity contribution is 5.06. The quantitative estimate of drug-likeness (QED) is 0.608. The topological polar surface area (TPSA) is 33.0 Å². The molecule has 0 aromatic heterocycles. The molecule has 0 radical (unpaired) electrons. The molecule has 0 saturated heterocycles. The van der Waals surface area contributed by atoms with Gasteiger partial charge in [-0.15, -0.1) is 0 Å². The van der Waals surface area contributed by atoms with Crippen LogP contribution in [0.3, 0.4) is 0 Å². The first kappa shape index (κ1) is 17.3. The van der Waals surface area contributed by atoms with E-state index < -0.39 is 0 Å². The number of hydrogen-bond acceptors (Lipinski definition) is 2. The second kappa shape index (κ2) is 7.56. The van der Waals surface area contributed by atoms with Crippen LogP contribution >= 0.6 is 0 Å². The lowest BCUT2D eigenvalue weighted by Crippen LogP contribution is -2.44. The van der Waals surface area contributed by atoms with Gasteiger partial charge in [0, 0.05) is 7.11 Å². The van der Waals surface area contributed by atoms with E-state index in [2.05, 4.69) is 13.0 Å². The van der Waals surface area contributed by atoms with Crippen molar-refractivity contribution in [2.45, 2.75) is 90.1 Å². The minimum atomic E-state index is 0.0207. The van der Waals surface area contributed by atoms with E-state index in [0.29, 0.717) is 6.10 Å². The molecule has 130 valence electrons. The number of nitriles is 1. The van der Waals surface area contributed by atoms with E-state index in [9.17, 15) is 5.26 Å². The number of rotatable bonds is 5. The Hall–Kier alpha value is -0.550. The molecule has 0 N–H and O–H groups in total. The number of nitrogens with zero attached hydrogens (tertiary/aromatic N) is 1. The van der Waals surface area contributed by atoms with Crippen LogP contribution in [0.2, 0.25) is 0 Å². The molecule has 23 heavy (non-hydrogen) atoms. The van der Waals surface area contributed by atoms with Crippen LogP contribution in [-0.2, 0) is 4.74 Å². The summed E-state index contributed by atoms with van der Waals surface area (Å²) >= 11 is 0. The fourth-order valence-corrected chi connectivity index (χ4v) is 6.19. The van der Waals surface area contributed by atoms with Crippen molar-refractivity contribution in [1.82, 2.24) is 0 Å². The van der Waals surface area contributed by atoms with Gasteiger partial charge in [0.15, 0.2) is 0 Å². The highest BCUT2D eigenvalue weighted by Crippen LogP contribution is 2.56. The van der Waals surface area contributed by atoms with Crippen LogP contribution in [0.25, 0.3) is 0 Å². The lowest BCUT2D eigenvalue weighted by molar-refractivity contribution is -0.0473. The third kappa shape index (κ3) is 3.60. The third-order valence-corrected chi connectivity index (χ3v) is 7.50. The van der Waals surface area contributed by atoms with E-state index in [-0.39, 0.29) is 5.41 Å². The van der Waals surface area contributed by atoms with E-state index in [0.717, 1.165) is 30.1 Å². The molecule has 0 aromatic rings. The van der Waals surface area contributed by atoms with Gasteiger partial charge in [-0.1, -0.05) is 26.2 Å². The molecule has 4 unspecified atom stereocenters. The van der Waals surface area contributed by atoms with Crippen molar-refractivity contribution >= 4 is 0 Å². The molecule has 0 spiro atoms. The zero-order chi connectivity index (χ0) is 16.3. The van der Waals surface area contributed by atoms with Gasteiger partial charge in [0.25, 0.3) is 0 Å². The smallest absolute Gasteiger partial charge is 0.0689 e. The van der Waals surface area contributed by atoms with Gasteiger partial charge in [-0.2, -0.15) is 5.26 Å². The summed E-state index contributed by atoms with van der Waals surface area (Å²) in [5.41, 5.74) is 0.0207. The first-order valence-corrected chi connectivity index (χ1v) is 10.2. The van der Waals surface area contributed by atoms with Gasteiger partial charge in [-0.3, -0.25) is 0 Å². The minimum Gasteiger partial charge on any atom is -0.381 e. The average Bonchev–Trinajstić information content (AvgIpc) is 2.61. The zero-order valence-electron chi connectivity index (χ0n) is 15.2. The van der Waals surface area contributed by atoms with Gasteiger partial charge in [0.05, 0.1) is 17.6 Å². The molecule has 6 atom stereocenters. The van der Waals surface area contributed by atoms with E-state index in [1.807, 2.05) is 7.11 Å². The summed E-state index contributed by atoms with van der Waals surface area (Å²) in [5.74, 6) is 3.60. The van der Waals surface area contributed by atoms with Crippen LogP contribution < -0.4 is 0 Å². The second-order valence-corrected chi connectivity index (χ2v) is 8.69. The Balaban J connectivity index is 1.62. The molecule has 3 aliphatic carbocycles. The molecule has 3 saturated carbocycles. The highest BCUT2D eigenvalue weighted by atomic mass is 16.5. The molecular formula is C21H35NO. The number of fused-ring (bicyclic) bond motifs is 3. The minimum absolute atomic E-state index is 0.0207. The monoisotopic (exact) mass is 317 g/mol. The normalized spacial score (nSPS) is 43.3. The predicted molar refractivity (Wildman–Crippen MR) is 93.9 cm³/mol. The van der Waals surface area contributed by atoms with Crippen LogP contribution in [0.1, 0.15) is 84.0 Å². The number of unbranched alkanes of at least 4 members (excludes halogenated alkanes) is 2. The number of hydrogen-bond donors (Lipinski definition) is 0. The maximum atomic E-state index is 9.86. The molecule has 2 nitrogen and oxygen atoms in total. The van der Waals surface area contributed by atoms with E-state index in [1.54, 1.807) is 0 Å². The van der Waals surface area contributed by atoms with Crippen molar-refractivity contribution < 1.29 is 4.74 Å². The van der Waals surface area contributed by atoms with Gasteiger partial charge in [0.2, 0.25) is 0 Å². The van der Waals surface area contributed by atoms with Gasteiger partial charge in [-0.05, 0) is 81.5 Å². The molecule has 0 amide bonds. The van der Waals surface area contributed by atoms with Crippen LogP contribution in [-0.4, -0.2) is 13.2 Å². The molecule has 2 heteroatoms. The molecule has 3 rings (SSSR count). The fourth-order valence-electron chi connectivity index (χ4n) is 6.19. The summed E-state index contributed by atoms with van der Waals surface area (Å²) < 4.78 is 5.64. The van der Waals surface area contributed by atoms with Gasteiger partial charge in [0.1, 0.15) is 0 Å². The second-order valence-electron chi connectivity index (χ2n) is 8.69. The van der Waals surface area contributed by atoms with Crippen molar-refractivity contribution in [1.29, 1.82) is 5.26 Å². The van der Waals surface area contributed by atoms with Crippen LogP contribution in [0, 0.1) is 40.4 Å². The first-order chi connectivity index (χ1) is 11.2. The Labute approximate surface area is 143 Å². The summed E-state index contributed by atoms with van der Waals surface area (Å²) in [4.78, 5) is 0. The maximum absolute atomic E-state index is 9.86. The first-order valence-electron chi connectivity index (χ1n) is 10.2. The summed E-state index contributed by atoms with van der Waals surface area (Å²) in [6.45, 7) is 2.26. The predicted octanol–water partition coefficient (Wildman–Crippen LogP) is 5.72. The van der Waals surface area contributed by atoms with Crippen LogP contribution in [0.4, 0.5) is 0 Å². The molecule has 3 aliphatic rings. The summed E-state index contributed by atoms with van der Waals surface area (Å²) in [7, 11) is 1.88. The lowest BCUT2D eigenvalue weighted by atomic mass is 9.53. The molecular weight excluding hydrogens is 282 g/mol. The van der Waals surface area contributed by atoms with Crippen molar-refractivity contribution in [2.24, 2.45) is 29.1 Å². The third-order valence-electron chi connectivity index (χ3n) is 7.50. The highest BCUT2D eigenvalue weighted by Gasteiger charge is 2.48.